The standard InChI is InChI=1S/C19H14FIN4O4S/c20-14-4-2-1-3-12(14)13(19-22-7-8-29-19)10-23-18(26)17-24-15-6-5-11(21)9-16(15)30(27,28)25-17/h1-9,13H,10H2,(H,23,26)(H,24,25). The maximum Gasteiger partial charge on any atom is 0.287 e. The van der Waals surface area contributed by atoms with Gasteiger partial charge in [-0.15, -0.1) is 4.40 Å². The molecule has 1 aromatic heterocycles. The predicted molar refractivity (Wildman–Crippen MR) is 115 cm³/mol. The van der Waals surface area contributed by atoms with Gasteiger partial charge in [-0.05, 0) is 46.9 Å². The van der Waals surface area contributed by atoms with Gasteiger partial charge >= 0.3 is 0 Å². The molecular formula is C19H14FIN4O4S. The number of carbonyl (C=O) groups excluding carboxylic acids is 1. The van der Waals surface area contributed by atoms with Gasteiger partial charge in [0.25, 0.3) is 15.9 Å². The maximum absolute atomic E-state index is 14.3. The highest BCUT2D eigenvalue weighted by Crippen LogP contribution is 2.29. The second kappa shape index (κ2) is 8.14. The largest absolute Gasteiger partial charge is 0.448 e. The van der Waals surface area contributed by atoms with Crippen molar-refractivity contribution in [2.75, 3.05) is 11.9 Å². The number of amidine groups is 1. The second-order valence-electron chi connectivity index (χ2n) is 6.33. The molecule has 4 rings (SSSR count). The van der Waals surface area contributed by atoms with Crippen LogP contribution in [0.15, 0.2) is 68.6 Å². The number of hydrogen-bond acceptors (Lipinski definition) is 6. The first-order valence-electron chi connectivity index (χ1n) is 8.69. The number of carbonyl (C=O) groups is 1. The Balaban J connectivity index is 1.57. The molecule has 1 atom stereocenters. The molecule has 154 valence electrons. The van der Waals surface area contributed by atoms with E-state index in [0.717, 1.165) is 3.57 Å². The number of fused-ring (bicyclic) bond motifs is 1. The number of oxazole rings is 1. The number of nitrogens with zero attached hydrogens (tertiary/aromatic N) is 2. The SMILES string of the molecule is O=C(NCC(c1ncco1)c1ccccc1F)C1=NS(=O)(=O)c2cc(I)ccc2N1. The molecule has 1 unspecified atom stereocenters. The Morgan fingerprint density at radius 3 is 2.80 bits per heavy atom. The molecule has 0 saturated heterocycles. The summed E-state index contributed by atoms with van der Waals surface area (Å²) in [5.41, 5.74) is 0.542. The molecule has 2 aromatic carbocycles. The molecule has 0 radical (unpaired) electrons. The lowest BCUT2D eigenvalue weighted by atomic mass is 9.98. The molecule has 0 aliphatic carbocycles. The third-order valence-corrected chi connectivity index (χ3v) is 6.39. The summed E-state index contributed by atoms with van der Waals surface area (Å²) in [6.07, 6.45) is 2.77. The number of nitrogens with one attached hydrogen (secondary N) is 2. The Kier molecular flexibility index (Phi) is 5.56. The fourth-order valence-corrected chi connectivity index (χ4v) is 4.85. The van der Waals surface area contributed by atoms with Crippen LogP contribution < -0.4 is 10.6 Å². The maximum atomic E-state index is 14.3. The van der Waals surface area contributed by atoms with E-state index in [1.165, 1.54) is 24.6 Å². The minimum Gasteiger partial charge on any atom is -0.448 e. The average molecular weight is 540 g/mol. The van der Waals surface area contributed by atoms with Gasteiger partial charge in [-0.3, -0.25) is 4.79 Å². The Morgan fingerprint density at radius 1 is 1.27 bits per heavy atom. The summed E-state index contributed by atoms with van der Waals surface area (Å²) in [4.78, 5) is 16.7. The van der Waals surface area contributed by atoms with E-state index in [9.17, 15) is 17.6 Å². The van der Waals surface area contributed by atoms with Crippen molar-refractivity contribution in [1.82, 2.24) is 10.3 Å². The van der Waals surface area contributed by atoms with E-state index in [2.05, 4.69) is 20.0 Å². The van der Waals surface area contributed by atoms with Crippen LogP contribution >= 0.6 is 22.6 Å². The number of anilines is 1. The van der Waals surface area contributed by atoms with E-state index in [1.54, 1.807) is 30.3 Å². The highest BCUT2D eigenvalue weighted by atomic mass is 127. The van der Waals surface area contributed by atoms with Crippen LogP contribution in [0.4, 0.5) is 10.1 Å². The Hall–Kier alpha value is -2.80. The lowest BCUT2D eigenvalue weighted by Crippen LogP contribution is -2.40. The van der Waals surface area contributed by atoms with E-state index in [-0.39, 0.29) is 34.4 Å². The quantitative estimate of drug-likeness (QED) is 0.482. The molecule has 30 heavy (non-hydrogen) atoms. The van der Waals surface area contributed by atoms with Gasteiger partial charge in [0.05, 0.1) is 17.8 Å². The third kappa shape index (κ3) is 4.07. The second-order valence-corrected chi connectivity index (χ2v) is 9.15. The van der Waals surface area contributed by atoms with Gasteiger partial charge in [-0.2, -0.15) is 8.42 Å². The summed E-state index contributed by atoms with van der Waals surface area (Å²) >= 11 is 1.99. The number of benzene rings is 2. The first-order chi connectivity index (χ1) is 14.3. The molecule has 1 amide bonds. The molecule has 2 N–H and O–H groups in total. The average Bonchev–Trinajstić information content (AvgIpc) is 3.24. The molecule has 2 heterocycles. The summed E-state index contributed by atoms with van der Waals surface area (Å²) < 4.78 is 48.8. The van der Waals surface area contributed by atoms with E-state index in [1.807, 2.05) is 22.6 Å². The molecular weight excluding hydrogens is 526 g/mol. The molecule has 0 bridgehead atoms. The number of sulfonamides is 1. The van der Waals surface area contributed by atoms with Crippen molar-refractivity contribution in [3.05, 3.63) is 75.8 Å². The fourth-order valence-electron chi connectivity index (χ4n) is 3.00. The Labute approximate surface area is 184 Å². The number of amides is 1. The van der Waals surface area contributed by atoms with Gasteiger partial charge in [-0.1, -0.05) is 18.2 Å². The number of hydrogen-bond donors (Lipinski definition) is 2. The van der Waals surface area contributed by atoms with Crippen molar-refractivity contribution in [3.8, 4) is 0 Å². The van der Waals surface area contributed by atoms with Gasteiger partial charge in [-0.25, -0.2) is 9.37 Å². The van der Waals surface area contributed by atoms with Gasteiger partial charge in [0.1, 0.15) is 17.0 Å². The minimum atomic E-state index is -4.03. The molecule has 0 spiro atoms. The van der Waals surface area contributed by atoms with Crippen molar-refractivity contribution >= 4 is 50.0 Å². The van der Waals surface area contributed by atoms with Crippen LogP contribution in [0.25, 0.3) is 0 Å². The summed E-state index contributed by atoms with van der Waals surface area (Å²) in [6.45, 7) is -0.0828. The highest BCUT2D eigenvalue weighted by molar-refractivity contribution is 14.1. The lowest BCUT2D eigenvalue weighted by Gasteiger charge is -2.19. The van der Waals surface area contributed by atoms with E-state index >= 15 is 0 Å². The molecule has 0 saturated carbocycles. The molecule has 11 heteroatoms. The van der Waals surface area contributed by atoms with Gasteiger partial charge in [0.2, 0.25) is 11.7 Å². The zero-order valence-corrected chi connectivity index (χ0v) is 18.1. The first kappa shape index (κ1) is 20.5. The van der Waals surface area contributed by atoms with Crippen LogP contribution in [0.5, 0.6) is 0 Å². The number of rotatable bonds is 5. The van der Waals surface area contributed by atoms with Crippen LogP contribution in [-0.2, 0) is 14.8 Å². The topological polar surface area (TPSA) is 114 Å². The van der Waals surface area contributed by atoms with Crippen molar-refractivity contribution in [2.45, 2.75) is 10.8 Å². The first-order valence-corrected chi connectivity index (χ1v) is 11.2. The fraction of sp³-hybridized carbons (Fsp3) is 0.105. The van der Waals surface area contributed by atoms with E-state index < -0.39 is 27.7 Å². The minimum absolute atomic E-state index is 0.00466. The Morgan fingerprint density at radius 2 is 2.07 bits per heavy atom. The van der Waals surface area contributed by atoms with Crippen molar-refractivity contribution in [2.24, 2.45) is 4.40 Å². The van der Waals surface area contributed by atoms with Gasteiger partial charge < -0.3 is 15.1 Å². The summed E-state index contributed by atoms with van der Waals surface area (Å²) in [6, 6.07) is 10.8. The van der Waals surface area contributed by atoms with Crippen molar-refractivity contribution in [1.29, 1.82) is 0 Å². The van der Waals surface area contributed by atoms with E-state index in [0.29, 0.717) is 0 Å². The molecule has 1 aliphatic rings. The molecule has 1 aliphatic heterocycles. The van der Waals surface area contributed by atoms with Crippen LogP contribution in [0, 0.1) is 9.39 Å². The molecule has 8 nitrogen and oxygen atoms in total. The monoisotopic (exact) mass is 540 g/mol. The smallest absolute Gasteiger partial charge is 0.287 e. The van der Waals surface area contributed by atoms with Crippen LogP contribution in [0.2, 0.25) is 0 Å². The summed E-state index contributed by atoms with van der Waals surface area (Å²) in [7, 11) is -4.03. The molecule has 0 fully saturated rings. The molecule has 3 aromatic rings. The van der Waals surface area contributed by atoms with Gasteiger partial charge in [0, 0.05) is 15.7 Å². The van der Waals surface area contributed by atoms with E-state index in [4.69, 9.17) is 4.42 Å². The number of aromatic nitrogens is 1. The van der Waals surface area contributed by atoms with Gasteiger partial charge in [0.15, 0.2) is 0 Å². The van der Waals surface area contributed by atoms with Crippen LogP contribution in [-0.4, -0.2) is 31.7 Å². The highest BCUT2D eigenvalue weighted by Gasteiger charge is 2.29. The predicted octanol–water partition coefficient (Wildman–Crippen LogP) is 2.88. The third-order valence-electron chi connectivity index (χ3n) is 4.40. The Bertz CT molecular complexity index is 1250. The van der Waals surface area contributed by atoms with Crippen LogP contribution in [0.3, 0.4) is 0 Å². The summed E-state index contributed by atoms with van der Waals surface area (Å²) in [5.74, 6) is -2.10. The van der Waals surface area contributed by atoms with Crippen LogP contribution in [0.1, 0.15) is 17.4 Å². The van der Waals surface area contributed by atoms with Crippen molar-refractivity contribution < 1.29 is 22.0 Å². The zero-order valence-electron chi connectivity index (χ0n) is 15.2. The zero-order chi connectivity index (χ0) is 21.3. The lowest BCUT2D eigenvalue weighted by molar-refractivity contribution is -0.114. The normalized spacial score (nSPS) is 15.5. The van der Waals surface area contributed by atoms with Crippen molar-refractivity contribution in [3.63, 3.8) is 0 Å². The number of halogens is 2. The summed E-state index contributed by atoms with van der Waals surface area (Å²) in [5, 5.41) is 5.31.